The van der Waals surface area contributed by atoms with Gasteiger partial charge in [-0.15, -0.1) is 0 Å². The van der Waals surface area contributed by atoms with Crippen LogP contribution in [-0.2, 0) is 65.4 Å². The molecule has 522 valence electrons. The van der Waals surface area contributed by atoms with E-state index in [4.69, 9.17) is 37.0 Å². The van der Waals surface area contributed by atoms with Crippen LogP contribution in [0.25, 0.3) is 0 Å². The number of unbranched alkanes of at least 4 members (excludes halogenated alkanes) is 44. The number of phosphoric acid groups is 2. The summed E-state index contributed by atoms with van der Waals surface area (Å²) in [6, 6.07) is 0. The molecule has 0 aliphatic rings. The first-order chi connectivity index (χ1) is 42.7. The van der Waals surface area contributed by atoms with E-state index in [1.807, 2.05) is 0 Å². The maximum absolute atomic E-state index is 13.0. The molecule has 5 atom stereocenters. The minimum absolute atomic E-state index is 0.105. The summed E-state index contributed by atoms with van der Waals surface area (Å²) in [7, 11) is -9.89. The number of aliphatic hydroxyl groups is 1. The van der Waals surface area contributed by atoms with Gasteiger partial charge in [-0.2, -0.15) is 0 Å². The van der Waals surface area contributed by atoms with Crippen molar-refractivity contribution in [2.45, 2.75) is 380 Å². The Morgan fingerprint density at radius 1 is 0.273 bits per heavy atom. The fourth-order valence-corrected chi connectivity index (χ4v) is 12.1. The van der Waals surface area contributed by atoms with Crippen molar-refractivity contribution in [3.8, 4) is 0 Å². The zero-order valence-electron chi connectivity index (χ0n) is 56.7. The van der Waals surface area contributed by atoms with Crippen molar-refractivity contribution < 1.29 is 80.2 Å². The van der Waals surface area contributed by atoms with E-state index in [1.54, 1.807) is 0 Å². The van der Waals surface area contributed by atoms with Gasteiger partial charge in [0.2, 0.25) is 0 Å². The molecule has 0 fully saturated rings. The first-order valence-corrected chi connectivity index (χ1v) is 39.3. The Morgan fingerprint density at radius 3 is 0.670 bits per heavy atom. The number of carbonyl (C=O) groups is 4. The van der Waals surface area contributed by atoms with Crippen LogP contribution in [0.3, 0.4) is 0 Å². The molecule has 0 spiro atoms. The third-order valence-electron chi connectivity index (χ3n) is 16.1. The highest BCUT2D eigenvalue weighted by atomic mass is 31.2. The normalized spacial score (nSPS) is 14.0. The van der Waals surface area contributed by atoms with E-state index < -0.39 is 97.5 Å². The Balaban J connectivity index is 5.17. The van der Waals surface area contributed by atoms with Crippen LogP contribution in [0.1, 0.15) is 362 Å². The monoisotopic (exact) mass is 1300 g/mol. The van der Waals surface area contributed by atoms with E-state index >= 15 is 0 Å². The van der Waals surface area contributed by atoms with Crippen molar-refractivity contribution in [2.24, 2.45) is 0 Å². The summed E-state index contributed by atoms with van der Waals surface area (Å²) < 4.78 is 68.1. The summed E-state index contributed by atoms with van der Waals surface area (Å²) in [5, 5.41) is 10.6. The standard InChI is InChI=1S/C69H134O17P2/c1-5-9-13-17-21-25-27-29-31-32-33-34-36-38-40-44-48-52-56-69(74)86-65(60-80-67(72)54-50-46-43-39-37-35-30-28-26-22-18-14-10-6-2)62-84-88(77,78)82-58-63(70)57-81-87(75,76)83-61-64(85-68(73)55-51-47-42-24-20-16-12-8-4)59-79-66(71)53-49-45-41-23-19-15-11-7-3/h63-65,70H,5-62H2,1-4H3,(H,75,76)(H,77,78)/t63-,64+,65+/m0/s1. The molecule has 0 aromatic rings. The molecule has 0 aromatic heterocycles. The second-order valence-corrected chi connectivity index (χ2v) is 27.8. The zero-order valence-corrected chi connectivity index (χ0v) is 58.5. The predicted molar refractivity (Wildman–Crippen MR) is 354 cm³/mol. The second kappa shape index (κ2) is 63.8. The zero-order chi connectivity index (χ0) is 64.7. The van der Waals surface area contributed by atoms with Crippen LogP contribution in [0.4, 0.5) is 0 Å². The van der Waals surface area contributed by atoms with Gasteiger partial charge in [-0.1, -0.05) is 310 Å². The number of esters is 4. The maximum Gasteiger partial charge on any atom is 0.472 e. The highest BCUT2D eigenvalue weighted by molar-refractivity contribution is 7.47. The molecule has 3 N–H and O–H groups in total. The molecular formula is C69H134O17P2. The van der Waals surface area contributed by atoms with E-state index in [2.05, 4.69) is 27.7 Å². The number of rotatable bonds is 70. The topological polar surface area (TPSA) is 237 Å². The van der Waals surface area contributed by atoms with Gasteiger partial charge in [-0.25, -0.2) is 9.13 Å². The van der Waals surface area contributed by atoms with Gasteiger partial charge in [0, 0.05) is 25.7 Å². The summed E-state index contributed by atoms with van der Waals surface area (Å²) in [5.41, 5.74) is 0. The fraction of sp³-hybridized carbons (Fsp3) is 0.942. The van der Waals surface area contributed by atoms with E-state index in [-0.39, 0.29) is 25.7 Å². The van der Waals surface area contributed by atoms with Crippen molar-refractivity contribution in [1.82, 2.24) is 0 Å². The number of carbonyl (C=O) groups excluding carboxylic acids is 4. The Labute approximate surface area is 537 Å². The van der Waals surface area contributed by atoms with Crippen LogP contribution in [0, 0.1) is 0 Å². The smallest absolute Gasteiger partial charge is 0.462 e. The van der Waals surface area contributed by atoms with Crippen molar-refractivity contribution >= 4 is 39.5 Å². The molecule has 19 heteroatoms. The lowest BCUT2D eigenvalue weighted by molar-refractivity contribution is -0.161. The predicted octanol–water partition coefficient (Wildman–Crippen LogP) is 19.9. The van der Waals surface area contributed by atoms with Gasteiger partial charge in [0.25, 0.3) is 0 Å². The molecule has 88 heavy (non-hydrogen) atoms. The Kier molecular flexibility index (Phi) is 62.4. The average Bonchev–Trinajstić information content (AvgIpc) is 3.71. The maximum atomic E-state index is 13.0. The minimum Gasteiger partial charge on any atom is -0.462 e. The third-order valence-corrected chi connectivity index (χ3v) is 18.0. The van der Waals surface area contributed by atoms with Crippen LogP contribution in [0.2, 0.25) is 0 Å². The molecule has 0 saturated heterocycles. The summed E-state index contributed by atoms with van der Waals surface area (Å²) in [6.45, 7) is 4.89. The quantitative estimate of drug-likeness (QED) is 0.0222. The molecular weight excluding hydrogens is 1160 g/mol. The molecule has 0 radical (unpaired) electrons. The van der Waals surface area contributed by atoms with Gasteiger partial charge < -0.3 is 33.8 Å². The fourth-order valence-electron chi connectivity index (χ4n) is 10.5. The SMILES string of the molecule is CCCCCCCCCCCCCCCCCCCCC(=O)O[C@H](COC(=O)CCCCCCCCCCCCCCCC)COP(=O)(O)OC[C@@H](O)COP(=O)(O)OC[C@@H](COC(=O)CCCCCCCCCC)OC(=O)CCCCCCCCCC. The Bertz CT molecular complexity index is 1690. The lowest BCUT2D eigenvalue weighted by Crippen LogP contribution is -2.30. The van der Waals surface area contributed by atoms with Gasteiger partial charge in [0.1, 0.15) is 19.3 Å². The largest absolute Gasteiger partial charge is 0.472 e. The molecule has 2 unspecified atom stereocenters. The molecule has 0 bridgehead atoms. The number of ether oxygens (including phenoxy) is 4. The summed E-state index contributed by atoms with van der Waals surface area (Å²) in [6.07, 6.45) is 51.5. The van der Waals surface area contributed by atoms with Crippen LogP contribution in [-0.4, -0.2) is 96.7 Å². The molecule has 0 aliphatic heterocycles. The van der Waals surface area contributed by atoms with E-state index in [0.717, 1.165) is 103 Å². The molecule has 0 heterocycles. The highest BCUT2D eigenvalue weighted by Crippen LogP contribution is 2.45. The molecule has 17 nitrogen and oxygen atoms in total. The van der Waals surface area contributed by atoms with Crippen molar-refractivity contribution in [3.05, 3.63) is 0 Å². The number of hydrogen-bond acceptors (Lipinski definition) is 15. The summed E-state index contributed by atoms with van der Waals surface area (Å²) in [5.74, 6) is -2.13. The lowest BCUT2D eigenvalue weighted by Gasteiger charge is -2.21. The molecule has 0 saturated carbocycles. The molecule has 0 aliphatic carbocycles. The van der Waals surface area contributed by atoms with Gasteiger partial charge >= 0.3 is 39.5 Å². The number of phosphoric ester groups is 2. The Hall–Kier alpha value is -1.94. The second-order valence-electron chi connectivity index (χ2n) is 24.9. The first kappa shape index (κ1) is 86.1. The minimum atomic E-state index is -4.95. The van der Waals surface area contributed by atoms with Crippen LogP contribution < -0.4 is 0 Å². The number of hydrogen-bond donors (Lipinski definition) is 3. The lowest BCUT2D eigenvalue weighted by atomic mass is 10.0. The molecule has 0 rings (SSSR count). The number of aliphatic hydroxyl groups excluding tert-OH is 1. The highest BCUT2D eigenvalue weighted by Gasteiger charge is 2.30. The van der Waals surface area contributed by atoms with E-state index in [9.17, 15) is 43.2 Å². The van der Waals surface area contributed by atoms with Crippen molar-refractivity contribution in [1.29, 1.82) is 0 Å². The van der Waals surface area contributed by atoms with Crippen LogP contribution in [0.5, 0.6) is 0 Å². The third kappa shape index (κ3) is 62.8. The van der Waals surface area contributed by atoms with E-state index in [0.29, 0.717) is 25.7 Å². The summed E-state index contributed by atoms with van der Waals surface area (Å²) in [4.78, 5) is 72.3. The van der Waals surface area contributed by atoms with Crippen molar-refractivity contribution in [3.63, 3.8) is 0 Å². The van der Waals surface area contributed by atoms with Gasteiger partial charge in [-0.05, 0) is 25.7 Å². The van der Waals surface area contributed by atoms with Gasteiger partial charge in [0.15, 0.2) is 12.2 Å². The van der Waals surface area contributed by atoms with Gasteiger partial charge in [0.05, 0.1) is 26.4 Å². The average molecular weight is 1300 g/mol. The molecule has 0 amide bonds. The molecule has 0 aromatic carbocycles. The van der Waals surface area contributed by atoms with Crippen LogP contribution in [0.15, 0.2) is 0 Å². The first-order valence-electron chi connectivity index (χ1n) is 36.3. The Morgan fingerprint density at radius 2 is 0.455 bits per heavy atom. The summed E-state index contributed by atoms with van der Waals surface area (Å²) >= 11 is 0. The van der Waals surface area contributed by atoms with Crippen molar-refractivity contribution in [2.75, 3.05) is 39.6 Å². The van der Waals surface area contributed by atoms with E-state index in [1.165, 1.54) is 180 Å². The van der Waals surface area contributed by atoms with Gasteiger partial charge in [-0.3, -0.25) is 37.3 Å². The van der Waals surface area contributed by atoms with Crippen LogP contribution >= 0.6 is 15.6 Å².